The van der Waals surface area contributed by atoms with Gasteiger partial charge in [0.1, 0.15) is 31.8 Å². The molecule has 4 bridgehead atoms. The number of H-pyrrole nitrogens is 1. The van der Waals surface area contributed by atoms with Gasteiger partial charge in [-0.3, -0.25) is 0 Å². The highest BCUT2D eigenvalue weighted by atomic mass is 31.1. The average Bonchev–Trinajstić information content (AvgIpc) is 3.80. The Kier molecular flexibility index (Phi) is 8.08. The van der Waals surface area contributed by atoms with Crippen LogP contribution in [0.4, 0.5) is 0 Å². The number of methoxy groups -OCH3 is 3. The molecule has 0 radical (unpaired) electrons. The van der Waals surface area contributed by atoms with Gasteiger partial charge < -0.3 is 23.7 Å². The first kappa shape index (κ1) is 30.5. The lowest BCUT2D eigenvalue weighted by atomic mass is 9.91. The lowest BCUT2D eigenvalue weighted by Gasteiger charge is -2.16. The van der Waals surface area contributed by atoms with Crippen molar-refractivity contribution in [2.24, 2.45) is 4.99 Å². The molecular weight excluding hydrogens is 627 g/mol. The van der Waals surface area contributed by atoms with Crippen LogP contribution in [0.2, 0.25) is 0 Å². The fourth-order valence-corrected chi connectivity index (χ4v) is 7.10. The van der Waals surface area contributed by atoms with Crippen LogP contribution in [0.15, 0.2) is 144 Å². The van der Waals surface area contributed by atoms with Crippen molar-refractivity contribution in [3.63, 3.8) is 0 Å². The maximum atomic E-state index is 6.35. The number of aliphatic imine (C=N–C) groups is 1. The van der Waals surface area contributed by atoms with Gasteiger partial charge in [-0.15, -0.1) is 0 Å². The lowest BCUT2D eigenvalue weighted by Crippen LogP contribution is -2.02. The average molecular weight is 661 g/mol. The van der Waals surface area contributed by atoms with Crippen molar-refractivity contribution in [1.82, 2.24) is 4.98 Å². The van der Waals surface area contributed by atoms with E-state index in [4.69, 9.17) is 23.7 Å². The van der Waals surface area contributed by atoms with Gasteiger partial charge in [-0.25, -0.2) is 4.99 Å². The number of hydrogen-bond acceptors (Lipinski definition) is 5. The summed E-state index contributed by atoms with van der Waals surface area (Å²) in [6.07, 6.45) is 2.16. The van der Waals surface area contributed by atoms with E-state index in [1.165, 1.54) is 0 Å². The number of fused-ring (bicyclic) bond motifs is 6. The first-order chi connectivity index (χ1) is 24.1. The van der Waals surface area contributed by atoms with Crippen LogP contribution in [-0.4, -0.2) is 32.0 Å². The zero-order chi connectivity index (χ0) is 33.3. The molecule has 8 rings (SSSR count). The van der Waals surface area contributed by atoms with Gasteiger partial charge in [0.15, 0.2) is 0 Å². The van der Waals surface area contributed by atoms with Gasteiger partial charge in [0.2, 0.25) is 0 Å². The molecule has 6 nitrogen and oxygen atoms in total. The molecule has 5 aromatic carbocycles. The van der Waals surface area contributed by atoms with Gasteiger partial charge in [-0.05, 0) is 83.4 Å². The molecule has 1 unspecified atom stereocenters. The van der Waals surface area contributed by atoms with Crippen LogP contribution in [0, 0.1) is 0 Å². The quantitative estimate of drug-likeness (QED) is 0.181. The lowest BCUT2D eigenvalue weighted by molar-refractivity contribution is 0.414. The highest BCUT2D eigenvalue weighted by Gasteiger charge is 2.27. The van der Waals surface area contributed by atoms with E-state index in [0.29, 0.717) is 0 Å². The van der Waals surface area contributed by atoms with Crippen LogP contribution in [0.25, 0.3) is 33.5 Å². The molecular formula is C42H33N2O4P. The third kappa shape index (κ3) is 5.92. The number of rotatable bonds is 6. The van der Waals surface area contributed by atoms with Gasteiger partial charge in [0.25, 0.3) is 0 Å². The molecule has 1 aromatic heterocycles. The Bertz CT molecular complexity index is 2320. The summed E-state index contributed by atoms with van der Waals surface area (Å²) >= 11 is 0. The van der Waals surface area contributed by atoms with Gasteiger partial charge in [-0.1, -0.05) is 66.7 Å². The molecule has 0 aliphatic carbocycles. The monoisotopic (exact) mass is 660 g/mol. The number of aromatic nitrogens is 1. The van der Waals surface area contributed by atoms with Gasteiger partial charge in [0, 0.05) is 38.8 Å². The minimum atomic E-state index is 0.144. The first-order valence-corrected chi connectivity index (χ1v) is 16.9. The maximum absolute atomic E-state index is 6.35. The fourth-order valence-electron chi connectivity index (χ4n) is 6.36. The molecule has 0 fully saturated rings. The minimum Gasteiger partial charge on any atom is -0.497 e. The highest BCUT2D eigenvalue weighted by molar-refractivity contribution is 7.42. The number of hydrogen-bond donors (Lipinski definition) is 1. The third-order valence-electron chi connectivity index (χ3n) is 8.78. The summed E-state index contributed by atoms with van der Waals surface area (Å²) in [6.45, 7) is 0. The molecule has 240 valence electrons. The van der Waals surface area contributed by atoms with E-state index < -0.39 is 0 Å². The molecule has 49 heavy (non-hydrogen) atoms. The minimum absolute atomic E-state index is 0.144. The fraction of sp³-hybridized carbons (Fsp3) is 0.0714. The number of benzene rings is 5. The normalized spacial score (nSPS) is 15.4. The molecule has 2 aliphatic rings. The Hall–Kier alpha value is -5.84. The van der Waals surface area contributed by atoms with Crippen LogP contribution in [-0.2, 0) is 0 Å². The Morgan fingerprint density at radius 3 is 1.96 bits per heavy atom. The Labute approximate surface area is 287 Å². The van der Waals surface area contributed by atoms with Crippen molar-refractivity contribution in [3.05, 3.63) is 162 Å². The number of aromatic amines is 1. The van der Waals surface area contributed by atoms with Crippen LogP contribution < -0.4 is 24.0 Å². The summed E-state index contributed by atoms with van der Waals surface area (Å²) < 4.78 is 23.2. The summed E-state index contributed by atoms with van der Waals surface area (Å²) in [5.41, 5.74) is 11.7. The first-order valence-electron chi connectivity index (χ1n) is 16.0. The molecule has 2 aliphatic heterocycles. The van der Waals surface area contributed by atoms with Crippen molar-refractivity contribution < 1.29 is 18.7 Å². The van der Waals surface area contributed by atoms with Crippen LogP contribution in [0.1, 0.15) is 22.4 Å². The van der Waals surface area contributed by atoms with E-state index in [1.807, 2.05) is 60.7 Å². The second-order valence-electron chi connectivity index (χ2n) is 11.8. The maximum Gasteiger partial charge on any atom is 0.124 e. The molecule has 1 N–H and O–H groups in total. The molecule has 6 aromatic rings. The smallest absolute Gasteiger partial charge is 0.124 e. The van der Waals surface area contributed by atoms with Crippen molar-refractivity contribution >= 4 is 31.0 Å². The second kappa shape index (κ2) is 13.0. The summed E-state index contributed by atoms with van der Waals surface area (Å²) in [6, 6.07) is 43.4. The largest absolute Gasteiger partial charge is 0.497 e. The summed E-state index contributed by atoms with van der Waals surface area (Å²) in [5.74, 6) is 3.16. The SMILES string of the molecule is COc1cccc(C2=CC(c3cccc(OC)c3)=N/C2=C2/c3cccc(c3)POc3cccc(c3)-c3cc(-c4cccc(OC)c4)[nH]c32)c1. The van der Waals surface area contributed by atoms with E-state index >= 15 is 0 Å². The zero-order valence-corrected chi connectivity index (χ0v) is 28.3. The number of ether oxygens (including phenoxy) is 3. The van der Waals surface area contributed by atoms with E-state index in [-0.39, 0.29) is 8.81 Å². The van der Waals surface area contributed by atoms with E-state index in [9.17, 15) is 0 Å². The number of allylic oxidation sites excluding steroid dienone is 2. The summed E-state index contributed by atoms with van der Waals surface area (Å²) in [5, 5.41) is 1.09. The van der Waals surface area contributed by atoms with Crippen molar-refractivity contribution in [2.45, 2.75) is 0 Å². The molecule has 0 spiro atoms. The van der Waals surface area contributed by atoms with E-state index in [2.05, 4.69) is 77.8 Å². The molecule has 1 atom stereocenters. The zero-order valence-electron chi connectivity index (χ0n) is 27.3. The van der Waals surface area contributed by atoms with Gasteiger partial charge in [-0.2, -0.15) is 0 Å². The molecule has 7 heteroatoms. The second-order valence-corrected chi connectivity index (χ2v) is 12.7. The van der Waals surface area contributed by atoms with E-state index in [1.54, 1.807) is 21.3 Å². The number of nitrogens with one attached hydrogen (secondary N) is 1. The van der Waals surface area contributed by atoms with Crippen molar-refractivity contribution in [3.8, 4) is 45.4 Å². The van der Waals surface area contributed by atoms with Crippen molar-refractivity contribution in [1.29, 1.82) is 0 Å². The van der Waals surface area contributed by atoms with Crippen LogP contribution in [0.3, 0.4) is 0 Å². The summed E-state index contributed by atoms with van der Waals surface area (Å²) in [4.78, 5) is 9.31. The highest BCUT2D eigenvalue weighted by Crippen LogP contribution is 2.45. The van der Waals surface area contributed by atoms with Crippen LogP contribution in [0.5, 0.6) is 23.0 Å². The summed E-state index contributed by atoms with van der Waals surface area (Å²) in [7, 11) is 5.21. The molecule has 3 heterocycles. The predicted octanol–water partition coefficient (Wildman–Crippen LogP) is 9.33. The Morgan fingerprint density at radius 2 is 1.20 bits per heavy atom. The molecule has 0 saturated heterocycles. The molecule has 0 amide bonds. The van der Waals surface area contributed by atoms with Gasteiger partial charge in [0.05, 0.1) is 38.4 Å². The molecule has 0 saturated carbocycles. The van der Waals surface area contributed by atoms with Crippen molar-refractivity contribution in [2.75, 3.05) is 21.3 Å². The van der Waals surface area contributed by atoms with Gasteiger partial charge >= 0.3 is 0 Å². The topological polar surface area (TPSA) is 65.1 Å². The predicted molar refractivity (Wildman–Crippen MR) is 200 cm³/mol. The van der Waals surface area contributed by atoms with Crippen LogP contribution >= 0.6 is 8.81 Å². The third-order valence-corrected chi connectivity index (χ3v) is 9.67. The Balaban J connectivity index is 1.46. The number of nitrogens with zero attached hydrogens (tertiary/aromatic N) is 1. The standard InChI is InChI=1S/C42H33N2O4P/c1-45-31-14-4-9-26(19-31)36-24-38(28-11-6-15-32(21-28)46-2)43-41(36)40-30-13-8-18-35(23-30)49-48-34-17-5-10-27(20-34)37-25-39(44-42(37)40)29-12-7-16-33(22-29)47-3/h4-25,44,49H,1-3H3/b41-40-. The van der Waals surface area contributed by atoms with E-state index in [0.717, 1.165) is 95.6 Å². The Morgan fingerprint density at radius 1 is 0.592 bits per heavy atom.